The molecule has 0 spiro atoms. The number of aliphatic hydroxyl groups is 1. The third kappa shape index (κ3) is 3.22. The van der Waals surface area contributed by atoms with Gasteiger partial charge in [-0.15, -0.1) is 0 Å². The van der Waals surface area contributed by atoms with Gasteiger partial charge in [0.2, 0.25) is 0 Å². The molecule has 0 atom stereocenters. The van der Waals surface area contributed by atoms with Crippen LogP contribution in [0.2, 0.25) is 5.02 Å². The lowest BCUT2D eigenvalue weighted by Crippen LogP contribution is -2.48. The van der Waals surface area contributed by atoms with E-state index >= 15 is 0 Å². The molecule has 7 heteroatoms. The Balaban J connectivity index is 1.87. The molecular formula is C14H20ClN3O3. The Morgan fingerprint density at radius 1 is 1.48 bits per heavy atom. The Bertz CT molecular complexity index is 565. The highest BCUT2D eigenvalue weighted by Gasteiger charge is 2.33. The second-order valence-corrected chi connectivity index (χ2v) is 6.38. The number of anilines is 1. The van der Waals surface area contributed by atoms with E-state index in [1.807, 2.05) is 0 Å². The summed E-state index contributed by atoms with van der Waals surface area (Å²) in [5.74, 6) is 0.555. The summed E-state index contributed by atoms with van der Waals surface area (Å²) in [6.45, 7) is 1.70. The highest BCUT2D eigenvalue weighted by atomic mass is 35.5. The number of nitrogens with zero attached hydrogens (tertiary/aromatic N) is 2. The SMILES string of the molecule is O=c1c(NC2(CO)CCOCC2)c(Cl)cnn1CC1CC1. The van der Waals surface area contributed by atoms with Gasteiger partial charge in [-0.2, -0.15) is 5.10 Å². The number of aliphatic hydroxyl groups excluding tert-OH is 1. The first-order chi connectivity index (χ1) is 10.1. The van der Waals surface area contributed by atoms with E-state index in [1.54, 1.807) is 0 Å². The van der Waals surface area contributed by atoms with E-state index in [0.29, 0.717) is 49.2 Å². The molecule has 2 aliphatic rings. The zero-order valence-corrected chi connectivity index (χ0v) is 12.6. The van der Waals surface area contributed by atoms with Crippen LogP contribution < -0.4 is 10.9 Å². The molecule has 1 aliphatic carbocycles. The molecule has 0 bridgehead atoms. The normalized spacial score (nSPS) is 21.2. The van der Waals surface area contributed by atoms with Gasteiger partial charge in [-0.05, 0) is 31.6 Å². The fourth-order valence-corrected chi connectivity index (χ4v) is 2.78. The lowest BCUT2D eigenvalue weighted by Gasteiger charge is -2.37. The first kappa shape index (κ1) is 14.8. The standard InChI is InChI=1S/C14H20ClN3O3/c15-11-7-16-18(8-10-1-2-10)13(20)12(11)17-14(9-19)3-5-21-6-4-14/h7,10,17,19H,1-6,8-9H2. The number of hydrogen-bond donors (Lipinski definition) is 2. The van der Waals surface area contributed by atoms with Crippen molar-refractivity contribution in [1.29, 1.82) is 0 Å². The number of ether oxygens (including phenoxy) is 1. The molecule has 21 heavy (non-hydrogen) atoms. The topological polar surface area (TPSA) is 76.4 Å². The van der Waals surface area contributed by atoms with Crippen molar-refractivity contribution in [3.05, 3.63) is 21.6 Å². The van der Waals surface area contributed by atoms with Gasteiger partial charge in [0, 0.05) is 19.8 Å². The van der Waals surface area contributed by atoms with E-state index < -0.39 is 5.54 Å². The van der Waals surface area contributed by atoms with Gasteiger partial charge in [0.05, 0.1) is 23.4 Å². The van der Waals surface area contributed by atoms with Crippen LogP contribution in [0.4, 0.5) is 5.69 Å². The maximum Gasteiger partial charge on any atom is 0.291 e. The van der Waals surface area contributed by atoms with Gasteiger partial charge in [0.25, 0.3) is 5.56 Å². The molecule has 2 heterocycles. The van der Waals surface area contributed by atoms with Gasteiger partial charge >= 0.3 is 0 Å². The van der Waals surface area contributed by atoms with Crippen molar-refractivity contribution in [3.8, 4) is 0 Å². The minimum Gasteiger partial charge on any atom is -0.394 e. The van der Waals surface area contributed by atoms with E-state index in [2.05, 4.69) is 10.4 Å². The molecule has 2 fully saturated rings. The molecule has 0 amide bonds. The first-order valence-electron chi connectivity index (χ1n) is 7.36. The smallest absolute Gasteiger partial charge is 0.291 e. The molecule has 1 saturated heterocycles. The van der Waals surface area contributed by atoms with Crippen LogP contribution in [0.1, 0.15) is 25.7 Å². The van der Waals surface area contributed by atoms with Crippen molar-refractivity contribution < 1.29 is 9.84 Å². The number of halogens is 1. The average Bonchev–Trinajstić information content (AvgIpc) is 3.32. The van der Waals surface area contributed by atoms with Gasteiger partial charge in [-0.1, -0.05) is 11.6 Å². The van der Waals surface area contributed by atoms with E-state index in [-0.39, 0.29) is 12.2 Å². The van der Waals surface area contributed by atoms with E-state index in [1.165, 1.54) is 10.9 Å². The predicted molar refractivity (Wildman–Crippen MR) is 79.7 cm³/mol. The molecule has 0 radical (unpaired) electrons. The fraction of sp³-hybridized carbons (Fsp3) is 0.714. The largest absolute Gasteiger partial charge is 0.394 e. The maximum absolute atomic E-state index is 12.5. The lowest BCUT2D eigenvalue weighted by atomic mass is 9.91. The maximum atomic E-state index is 12.5. The summed E-state index contributed by atoms with van der Waals surface area (Å²) in [5, 5.41) is 17.3. The lowest BCUT2D eigenvalue weighted by molar-refractivity contribution is 0.0379. The highest BCUT2D eigenvalue weighted by Crippen LogP contribution is 2.31. The minimum absolute atomic E-state index is 0.0585. The Labute approximate surface area is 128 Å². The van der Waals surface area contributed by atoms with Crippen molar-refractivity contribution in [2.75, 3.05) is 25.1 Å². The van der Waals surface area contributed by atoms with Crippen molar-refractivity contribution in [2.24, 2.45) is 5.92 Å². The first-order valence-corrected chi connectivity index (χ1v) is 7.74. The average molecular weight is 314 g/mol. The van der Waals surface area contributed by atoms with Crippen LogP contribution in [0, 0.1) is 5.92 Å². The fourth-order valence-electron chi connectivity index (χ4n) is 2.61. The Hall–Kier alpha value is -1.11. The predicted octanol–water partition coefficient (Wildman–Crippen LogP) is 1.26. The Morgan fingerprint density at radius 3 is 2.81 bits per heavy atom. The summed E-state index contributed by atoms with van der Waals surface area (Å²) in [6, 6.07) is 0. The number of nitrogens with one attached hydrogen (secondary N) is 1. The summed E-state index contributed by atoms with van der Waals surface area (Å²) >= 11 is 6.14. The van der Waals surface area contributed by atoms with Crippen molar-refractivity contribution in [2.45, 2.75) is 37.8 Å². The van der Waals surface area contributed by atoms with Crippen LogP contribution in [0.5, 0.6) is 0 Å². The molecule has 116 valence electrons. The van der Waals surface area contributed by atoms with E-state index in [0.717, 1.165) is 12.8 Å². The van der Waals surface area contributed by atoms with Crippen LogP contribution >= 0.6 is 11.6 Å². The number of rotatable bonds is 5. The van der Waals surface area contributed by atoms with Crippen LogP contribution in [0.15, 0.2) is 11.0 Å². The second kappa shape index (κ2) is 5.94. The van der Waals surface area contributed by atoms with E-state index in [9.17, 15) is 9.90 Å². The summed E-state index contributed by atoms with van der Waals surface area (Å²) in [6.07, 6.45) is 5.08. The zero-order chi connectivity index (χ0) is 14.9. The molecule has 3 rings (SSSR count). The Kier molecular flexibility index (Phi) is 4.19. The third-order valence-corrected chi connectivity index (χ3v) is 4.55. The number of aromatic nitrogens is 2. The second-order valence-electron chi connectivity index (χ2n) is 5.97. The van der Waals surface area contributed by atoms with Gasteiger partial charge in [-0.3, -0.25) is 4.79 Å². The molecule has 2 N–H and O–H groups in total. The number of hydrogen-bond acceptors (Lipinski definition) is 5. The Morgan fingerprint density at radius 2 is 2.19 bits per heavy atom. The van der Waals surface area contributed by atoms with E-state index in [4.69, 9.17) is 16.3 Å². The summed E-state index contributed by atoms with van der Waals surface area (Å²) in [4.78, 5) is 12.5. The quantitative estimate of drug-likeness (QED) is 0.856. The molecule has 1 aromatic rings. The van der Waals surface area contributed by atoms with Crippen LogP contribution in [0.25, 0.3) is 0 Å². The van der Waals surface area contributed by atoms with Crippen LogP contribution in [-0.4, -0.2) is 40.2 Å². The highest BCUT2D eigenvalue weighted by molar-refractivity contribution is 6.33. The van der Waals surface area contributed by atoms with Crippen molar-refractivity contribution in [3.63, 3.8) is 0 Å². The molecule has 1 saturated carbocycles. The minimum atomic E-state index is -0.542. The van der Waals surface area contributed by atoms with Crippen molar-refractivity contribution >= 4 is 17.3 Å². The monoisotopic (exact) mass is 313 g/mol. The van der Waals surface area contributed by atoms with Crippen LogP contribution in [-0.2, 0) is 11.3 Å². The van der Waals surface area contributed by atoms with Gasteiger partial charge in [0.1, 0.15) is 5.69 Å². The van der Waals surface area contributed by atoms with Gasteiger partial charge < -0.3 is 15.2 Å². The summed E-state index contributed by atoms with van der Waals surface area (Å²) in [5.41, 5.74) is -0.420. The molecule has 0 aromatic carbocycles. The zero-order valence-electron chi connectivity index (χ0n) is 11.8. The molecule has 6 nitrogen and oxygen atoms in total. The molecule has 0 unspecified atom stereocenters. The molecular weight excluding hydrogens is 294 g/mol. The summed E-state index contributed by atoms with van der Waals surface area (Å²) in [7, 11) is 0. The van der Waals surface area contributed by atoms with Gasteiger partial charge in [0.15, 0.2) is 0 Å². The van der Waals surface area contributed by atoms with Gasteiger partial charge in [-0.25, -0.2) is 4.68 Å². The van der Waals surface area contributed by atoms with Crippen LogP contribution in [0.3, 0.4) is 0 Å². The summed E-state index contributed by atoms with van der Waals surface area (Å²) < 4.78 is 6.80. The third-order valence-electron chi connectivity index (χ3n) is 4.27. The molecule has 1 aliphatic heterocycles. The molecule has 1 aromatic heterocycles. The van der Waals surface area contributed by atoms with Crippen molar-refractivity contribution in [1.82, 2.24) is 9.78 Å².